The van der Waals surface area contributed by atoms with Crippen LogP contribution in [0.4, 0.5) is 0 Å². The summed E-state index contributed by atoms with van der Waals surface area (Å²) < 4.78 is 0. The molecule has 14 heavy (non-hydrogen) atoms. The first-order valence-corrected chi connectivity index (χ1v) is 5.25. The highest BCUT2D eigenvalue weighted by molar-refractivity contribution is 7.81. The standard InChI is InChI=1S/C9H16N2O2S/c1-7(14)9(13)11-5-3-4-10(2)8(12)6-11/h7,14H,3-6H2,1-2H3. The molecule has 0 aromatic heterocycles. The summed E-state index contributed by atoms with van der Waals surface area (Å²) in [7, 11) is 1.76. The topological polar surface area (TPSA) is 40.6 Å². The van der Waals surface area contributed by atoms with Crippen LogP contribution in [0.2, 0.25) is 0 Å². The maximum absolute atomic E-state index is 11.6. The Morgan fingerprint density at radius 3 is 2.71 bits per heavy atom. The van der Waals surface area contributed by atoms with Gasteiger partial charge in [-0.2, -0.15) is 12.6 Å². The zero-order chi connectivity index (χ0) is 10.7. The average Bonchev–Trinajstić information content (AvgIpc) is 2.28. The number of hydrogen-bond acceptors (Lipinski definition) is 3. The molecule has 0 bridgehead atoms. The van der Waals surface area contributed by atoms with Crippen LogP contribution < -0.4 is 0 Å². The predicted octanol–water partition coefficient (Wildman–Crippen LogP) is -0.00460. The summed E-state index contributed by atoms with van der Waals surface area (Å²) >= 11 is 4.07. The van der Waals surface area contributed by atoms with Crippen LogP contribution in [0.1, 0.15) is 13.3 Å². The molecule has 0 spiro atoms. The van der Waals surface area contributed by atoms with Gasteiger partial charge >= 0.3 is 0 Å². The zero-order valence-corrected chi connectivity index (χ0v) is 9.46. The van der Waals surface area contributed by atoms with E-state index in [4.69, 9.17) is 0 Å². The second-order valence-electron chi connectivity index (χ2n) is 3.60. The quantitative estimate of drug-likeness (QED) is 0.627. The van der Waals surface area contributed by atoms with Crippen LogP contribution in [0, 0.1) is 0 Å². The van der Waals surface area contributed by atoms with Gasteiger partial charge in [-0.25, -0.2) is 0 Å². The van der Waals surface area contributed by atoms with E-state index in [-0.39, 0.29) is 23.6 Å². The van der Waals surface area contributed by atoms with Crippen LogP contribution in [0.5, 0.6) is 0 Å². The minimum atomic E-state index is -0.328. The first-order chi connectivity index (χ1) is 6.52. The third-order valence-electron chi connectivity index (χ3n) is 2.34. The van der Waals surface area contributed by atoms with Crippen molar-refractivity contribution < 1.29 is 9.59 Å². The second-order valence-corrected chi connectivity index (χ2v) is 4.38. The summed E-state index contributed by atoms with van der Waals surface area (Å²) in [6, 6.07) is 0. The molecule has 1 aliphatic rings. The molecule has 1 rings (SSSR count). The third-order valence-corrected chi connectivity index (χ3v) is 2.56. The second kappa shape index (κ2) is 4.68. The Kier molecular flexibility index (Phi) is 3.80. The Morgan fingerprint density at radius 1 is 1.50 bits per heavy atom. The summed E-state index contributed by atoms with van der Waals surface area (Å²) in [5.74, 6) is -0.0539. The van der Waals surface area contributed by atoms with E-state index in [1.54, 1.807) is 23.8 Å². The van der Waals surface area contributed by atoms with Crippen LogP contribution in [0.25, 0.3) is 0 Å². The van der Waals surface area contributed by atoms with Crippen molar-refractivity contribution >= 4 is 24.4 Å². The van der Waals surface area contributed by atoms with Gasteiger partial charge in [-0.15, -0.1) is 0 Å². The van der Waals surface area contributed by atoms with Crippen molar-refractivity contribution in [2.24, 2.45) is 0 Å². The summed E-state index contributed by atoms with van der Waals surface area (Å²) in [5, 5.41) is -0.328. The van der Waals surface area contributed by atoms with Gasteiger partial charge in [0.05, 0.1) is 11.8 Å². The SMILES string of the molecule is CC(S)C(=O)N1CCCN(C)C(=O)C1. The van der Waals surface area contributed by atoms with Gasteiger partial charge in [-0.3, -0.25) is 9.59 Å². The minimum Gasteiger partial charge on any atom is -0.344 e. The van der Waals surface area contributed by atoms with Gasteiger partial charge in [0.2, 0.25) is 11.8 Å². The molecule has 0 aromatic carbocycles. The van der Waals surface area contributed by atoms with E-state index in [0.717, 1.165) is 13.0 Å². The fourth-order valence-electron chi connectivity index (χ4n) is 1.44. The summed E-state index contributed by atoms with van der Waals surface area (Å²) in [5.41, 5.74) is 0. The molecular formula is C9H16N2O2S. The smallest absolute Gasteiger partial charge is 0.241 e. The molecule has 2 amide bonds. The number of rotatable bonds is 1. The summed E-state index contributed by atoms with van der Waals surface area (Å²) in [4.78, 5) is 26.3. The molecule has 4 nitrogen and oxygen atoms in total. The highest BCUT2D eigenvalue weighted by Crippen LogP contribution is 2.06. The minimum absolute atomic E-state index is 0.00448. The molecule has 1 unspecified atom stereocenters. The average molecular weight is 216 g/mol. The molecule has 80 valence electrons. The molecule has 1 heterocycles. The van der Waals surface area contributed by atoms with Crippen molar-refractivity contribution in [1.29, 1.82) is 0 Å². The maximum atomic E-state index is 11.6. The van der Waals surface area contributed by atoms with Gasteiger partial charge < -0.3 is 9.80 Å². The molecular weight excluding hydrogens is 200 g/mol. The van der Waals surface area contributed by atoms with Gasteiger partial charge in [0.1, 0.15) is 0 Å². The lowest BCUT2D eigenvalue weighted by atomic mass is 10.3. The maximum Gasteiger partial charge on any atom is 0.241 e. The van der Waals surface area contributed by atoms with Crippen molar-refractivity contribution in [3.8, 4) is 0 Å². The highest BCUT2D eigenvalue weighted by Gasteiger charge is 2.24. The van der Waals surface area contributed by atoms with Crippen molar-refractivity contribution in [2.75, 3.05) is 26.7 Å². The van der Waals surface area contributed by atoms with Crippen molar-refractivity contribution in [2.45, 2.75) is 18.6 Å². The van der Waals surface area contributed by atoms with Gasteiger partial charge in [0.25, 0.3) is 0 Å². The lowest BCUT2D eigenvalue weighted by Gasteiger charge is -2.21. The highest BCUT2D eigenvalue weighted by atomic mass is 32.1. The molecule has 1 saturated heterocycles. The molecule has 1 atom stereocenters. The van der Waals surface area contributed by atoms with Crippen molar-refractivity contribution in [3.63, 3.8) is 0 Å². The van der Waals surface area contributed by atoms with Crippen LogP contribution in [0.15, 0.2) is 0 Å². The van der Waals surface area contributed by atoms with E-state index in [2.05, 4.69) is 12.6 Å². The molecule has 0 aromatic rings. The van der Waals surface area contributed by atoms with Crippen LogP contribution >= 0.6 is 12.6 Å². The van der Waals surface area contributed by atoms with E-state index in [1.807, 2.05) is 0 Å². The van der Waals surface area contributed by atoms with Gasteiger partial charge in [-0.05, 0) is 13.3 Å². The molecule has 0 saturated carbocycles. The van der Waals surface area contributed by atoms with Crippen LogP contribution in [-0.2, 0) is 9.59 Å². The first kappa shape index (κ1) is 11.4. The number of amides is 2. The normalized spacial score (nSPS) is 20.6. The number of likely N-dealkylation sites (N-methyl/N-ethyl adjacent to an activating group) is 1. The van der Waals surface area contributed by atoms with E-state index in [0.29, 0.717) is 6.54 Å². The van der Waals surface area contributed by atoms with E-state index in [9.17, 15) is 9.59 Å². The monoisotopic (exact) mass is 216 g/mol. The lowest BCUT2D eigenvalue weighted by molar-refractivity contribution is -0.137. The fourth-order valence-corrected chi connectivity index (χ4v) is 1.60. The molecule has 0 radical (unpaired) electrons. The van der Waals surface area contributed by atoms with E-state index >= 15 is 0 Å². The lowest BCUT2D eigenvalue weighted by Crippen LogP contribution is -2.40. The predicted molar refractivity (Wildman–Crippen MR) is 57.3 cm³/mol. The molecule has 1 aliphatic heterocycles. The van der Waals surface area contributed by atoms with E-state index in [1.165, 1.54) is 0 Å². The Bertz CT molecular complexity index is 243. The number of hydrogen-bond donors (Lipinski definition) is 1. The van der Waals surface area contributed by atoms with Crippen molar-refractivity contribution in [1.82, 2.24) is 9.80 Å². The molecule has 0 aliphatic carbocycles. The summed E-state index contributed by atoms with van der Waals surface area (Å²) in [6.07, 6.45) is 0.842. The van der Waals surface area contributed by atoms with Crippen molar-refractivity contribution in [3.05, 3.63) is 0 Å². The Balaban J connectivity index is 2.63. The Labute approximate surface area is 89.7 Å². The third kappa shape index (κ3) is 2.64. The van der Waals surface area contributed by atoms with Gasteiger partial charge in [-0.1, -0.05) is 0 Å². The Hall–Kier alpha value is -0.710. The van der Waals surface area contributed by atoms with Gasteiger partial charge in [0, 0.05) is 20.1 Å². The summed E-state index contributed by atoms with van der Waals surface area (Å²) in [6.45, 7) is 3.30. The zero-order valence-electron chi connectivity index (χ0n) is 8.56. The van der Waals surface area contributed by atoms with Gasteiger partial charge in [0.15, 0.2) is 0 Å². The number of thiol groups is 1. The number of carbonyl (C=O) groups excluding carboxylic acids is 2. The molecule has 1 fully saturated rings. The fraction of sp³-hybridized carbons (Fsp3) is 0.778. The van der Waals surface area contributed by atoms with Crippen LogP contribution in [-0.4, -0.2) is 53.5 Å². The molecule has 5 heteroatoms. The molecule has 0 N–H and O–H groups in total. The first-order valence-electron chi connectivity index (χ1n) is 4.73. The largest absolute Gasteiger partial charge is 0.344 e. The Morgan fingerprint density at radius 2 is 2.14 bits per heavy atom. The number of carbonyl (C=O) groups is 2. The van der Waals surface area contributed by atoms with E-state index < -0.39 is 0 Å². The van der Waals surface area contributed by atoms with Crippen LogP contribution in [0.3, 0.4) is 0 Å². The number of nitrogens with zero attached hydrogens (tertiary/aromatic N) is 2.